The number of pyridine rings is 1. The van der Waals surface area contributed by atoms with Gasteiger partial charge in [-0.15, -0.1) is 0 Å². The van der Waals surface area contributed by atoms with Gasteiger partial charge in [-0.3, -0.25) is 10.1 Å². The molecule has 5 heteroatoms. The Kier molecular flexibility index (Phi) is 3.06. The number of aromatic nitrogens is 1. The number of benzene rings is 1. The fourth-order valence-electron chi connectivity index (χ4n) is 3.51. The first kappa shape index (κ1) is 13.2. The predicted octanol–water partition coefficient (Wildman–Crippen LogP) is 3.50. The summed E-state index contributed by atoms with van der Waals surface area (Å²) >= 11 is 0. The summed E-state index contributed by atoms with van der Waals surface area (Å²) in [4.78, 5) is 17.5. The normalized spacial score (nSPS) is 20.5. The Morgan fingerprint density at radius 2 is 2.00 bits per heavy atom. The van der Waals surface area contributed by atoms with Crippen LogP contribution in [-0.4, -0.2) is 16.5 Å². The molecule has 2 aromatic rings. The summed E-state index contributed by atoms with van der Waals surface area (Å²) in [6.45, 7) is 0.788. The van der Waals surface area contributed by atoms with E-state index >= 15 is 0 Å². The second-order valence-electron chi connectivity index (χ2n) is 6.03. The van der Waals surface area contributed by atoms with E-state index < -0.39 is 0 Å². The molecule has 1 unspecified atom stereocenters. The highest BCUT2D eigenvalue weighted by atomic mass is 16.6. The molecule has 1 atom stereocenters. The van der Waals surface area contributed by atoms with Gasteiger partial charge in [-0.05, 0) is 42.4 Å². The number of anilines is 1. The van der Waals surface area contributed by atoms with Crippen molar-refractivity contribution in [2.24, 2.45) is 5.92 Å². The molecule has 0 amide bonds. The lowest BCUT2D eigenvalue weighted by atomic mass is 9.89. The van der Waals surface area contributed by atoms with Crippen LogP contribution in [0.15, 0.2) is 42.6 Å². The van der Waals surface area contributed by atoms with Crippen molar-refractivity contribution >= 4 is 11.5 Å². The molecule has 0 bridgehead atoms. The smallest absolute Gasteiger partial charge is 0.311 e. The van der Waals surface area contributed by atoms with Crippen LogP contribution in [0.1, 0.15) is 30.0 Å². The fraction of sp³-hybridized carbons (Fsp3) is 0.353. The maximum Gasteiger partial charge on any atom is 0.311 e. The van der Waals surface area contributed by atoms with E-state index in [1.54, 1.807) is 18.3 Å². The van der Waals surface area contributed by atoms with Gasteiger partial charge in [0.05, 0.1) is 11.0 Å². The summed E-state index contributed by atoms with van der Waals surface area (Å²) in [5.41, 5.74) is 2.79. The third-order valence-electron chi connectivity index (χ3n) is 4.63. The zero-order valence-corrected chi connectivity index (χ0v) is 12.2. The van der Waals surface area contributed by atoms with E-state index in [1.165, 1.54) is 24.0 Å². The molecule has 1 fully saturated rings. The Morgan fingerprint density at radius 1 is 1.18 bits per heavy atom. The minimum atomic E-state index is -0.327. The van der Waals surface area contributed by atoms with Gasteiger partial charge in [-0.2, -0.15) is 0 Å². The van der Waals surface area contributed by atoms with Gasteiger partial charge in [-0.25, -0.2) is 4.98 Å². The van der Waals surface area contributed by atoms with E-state index in [0.29, 0.717) is 11.7 Å². The summed E-state index contributed by atoms with van der Waals surface area (Å²) in [6.07, 6.45) is 4.94. The average Bonchev–Trinajstić information content (AvgIpc) is 3.38. The van der Waals surface area contributed by atoms with Crippen molar-refractivity contribution < 1.29 is 4.92 Å². The molecule has 0 spiro atoms. The number of nitrogens with zero attached hydrogens (tertiary/aromatic N) is 3. The second kappa shape index (κ2) is 5.09. The number of hydrogen-bond acceptors (Lipinski definition) is 4. The third kappa shape index (κ3) is 2.13. The summed E-state index contributed by atoms with van der Waals surface area (Å²) in [7, 11) is 0. The summed E-state index contributed by atoms with van der Waals surface area (Å²) < 4.78 is 0. The molecule has 2 aliphatic rings. The van der Waals surface area contributed by atoms with Crippen molar-refractivity contribution in [2.45, 2.75) is 25.3 Å². The molecule has 1 aliphatic carbocycles. The lowest BCUT2D eigenvalue weighted by molar-refractivity contribution is -0.384. The number of fused-ring (bicyclic) bond motifs is 1. The number of hydrogen-bond donors (Lipinski definition) is 0. The zero-order chi connectivity index (χ0) is 15.1. The molecule has 0 radical (unpaired) electrons. The molecule has 5 nitrogen and oxygen atoms in total. The van der Waals surface area contributed by atoms with Crippen LogP contribution in [0.4, 0.5) is 11.5 Å². The first-order valence-electron chi connectivity index (χ1n) is 7.69. The quantitative estimate of drug-likeness (QED) is 0.642. The maximum absolute atomic E-state index is 11.3. The predicted molar refractivity (Wildman–Crippen MR) is 83.8 cm³/mol. The lowest BCUT2D eigenvalue weighted by Crippen LogP contribution is -2.37. The van der Waals surface area contributed by atoms with Gasteiger partial charge in [0, 0.05) is 18.8 Å². The Bertz CT molecular complexity index is 727. The zero-order valence-electron chi connectivity index (χ0n) is 12.2. The van der Waals surface area contributed by atoms with Crippen molar-refractivity contribution in [1.82, 2.24) is 4.98 Å². The summed E-state index contributed by atoms with van der Waals surface area (Å²) in [5.74, 6) is 1.10. The van der Waals surface area contributed by atoms with Crippen molar-refractivity contribution in [3.63, 3.8) is 0 Å². The van der Waals surface area contributed by atoms with Crippen LogP contribution in [0, 0.1) is 16.0 Å². The van der Waals surface area contributed by atoms with E-state index in [0.717, 1.165) is 13.0 Å². The van der Waals surface area contributed by atoms with Gasteiger partial charge >= 0.3 is 5.69 Å². The van der Waals surface area contributed by atoms with Gasteiger partial charge in [0.15, 0.2) is 0 Å². The van der Waals surface area contributed by atoms with Crippen molar-refractivity contribution in [1.29, 1.82) is 0 Å². The van der Waals surface area contributed by atoms with E-state index in [1.807, 2.05) is 0 Å². The van der Waals surface area contributed by atoms with Gasteiger partial charge in [0.1, 0.15) is 0 Å². The topological polar surface area (TPSA) is 59.3 Å². The van der Waals surface area contributed by atoms with E-state index in [9.17, 15) is 10.1 Å². The molecule has 0 saturated heterocycles. The van der Waals surface area contributed by atoms with Gasteiger partial charge in [0.25, 0.3) is 0 Å². The average molecular weight is 295 g/mol. The number of rotatable bonds is 3. The monoisotopic (exact) mass is 295 g/mol. The molecule has 112 valence electrons. The van der Waals surface area contributed by atoms with Gasteiger partial charge < -0.3 is 4.90 Å². The minimum Gasteiger partial charge on any atom is -0.343 e. The van der Waals surface area contributed by atoms with Crippen LogP contribution in [-0.2, 0) is 6.42 Å². The van der Waals surface area contributed by atoms with Crippen LogP contribution in [0.3, 0.4) is 0 Å². The molecule has 22 heavy (non-hydrogen) atoms. The molecule has 4 rings (SSSR count). The van der Waals surface area contributed by atoms with Crippen LogP contribution in [0.2, 0.25) is 0 Å². The minimum absolute atomic E-state index is 0.104. The molecule has 0 N–H and O–H groups in total. The number of nitro groups is 1. The third-order valence-corrected chi connectivity index (χ3v) is 4.63. The molecule has 1 saturated carbocycles. The van der Waals surface area contributed by atoms with Crippen LogP contribution < -0.4 is 4.90 Å². The van der Waals surface area contributed by atoms with Gasteiger partial charge in [-0.1, -0.05) is 24.3 Å². The first-order valence-corrected chi connectivity index (χ1v) is 7.69. The summed E-state index contributed by atoms with van der Waals surface area (Å²) in [6, 6.07) is 11.9. The largest absolute Gasteiger partial charge is 0.343 e. The molecule has 1 aliphatic heterocycles. The molecule has 1 aromatic heterocycles. The highest BCUT2D eigenvalue weighted by molar-refractivity contribution is 5.60. The summed E-state index contributed by atoms with van der Waals surface area (Å²) in [5, 5.41) is 11.3. The van der Waals surface area contributed by atoms with Crippen LogP contribution in [0.25, 0.3) is 0 Å². The van der Waals surface area contributed by atoms with E-state index in [4.69, 9.17) is 0 Å². The Labute approximate surface area is 128 Å². The van der Waals surface area contributed by atoms with Crippen LogP contribution in [0.5, 0.6) is 0 Å². The Hall–Kier alpha value is -2.43. The first-order chi connectivity index (χ1) is 10.8. The molecule has 1 aromatic carbocycles. The molecular formula is C17H17N3O2. The lowest BCUT2D eigenvalue weighted by Gasteiger charge is -2.38. The SMILES string of the molecule is O=[N+]([O-])c1cccnc1N1CCc2ccccc2C1C1CC1. The van der Waals surface area contributed by atoms with Crippen LogP contribution >= 0.6 is 0 Å². The fourth-order valence-corrected chi connectivity index (χ4v) is 3.51. The maximum atomic E-state index is 11.3. The van der Waals surface area contributed by atoms with E-state index in [2.05, 4.69) is 34.1 Å². The van der Waals surface area contributed by atoms with Crippen molar-refractivity contribution in [3.8, 4) is 0 Å². The Morgan fingerprint density at radius 3 is 2.77 bits per heavy atom. The van der Waals surface area contributed by atoms with Crippen molar-refractivity contribution in [2.75, 3.05) is 11.4 Å². The van der Waals surface area contributed by atoms with Gasteiger partial charge in [0.2, 0.25) is 5.82 Å². The molecular weight excluding hydrogens is 278 g/mol. The molecule has 2 heterocycles. The highest BCUT2D eigenvalue weighted by Crippen LogP contribution is 2.49. The highest BCUT2D eigenvalue weighted by Gasteiger charge is 2.41. The van der Waals surface area contributed by atoms with E-state index in [-0.39, 0.29) is 16.7 Å². The van der Waals surface area contributed by atoms with Crippen molar-refractivity contribution in [3.05, 3.63) is 63.8 Å². The second-order valence-corrected chi connectivity index (χ2v) is 6.03. The Balaban J connectivity index is 1.81. The standard InChI is InChI=1S/C17H17N3O2/c21-20(22)15-6-3-10-18-17(15)19-11-9-12-4-1-2-5-14(12)16(19)13-7-8-13/h1-6,10,13,16H,7-9,11H2.